The van der Waals surface area contributed by atoms with Crippen LogP contribution in [-0.2, 0) is 9.53 Å². The first-order valence-corrected chi connectivity index (χ1v) is 24.9. The van der Waals surface area contributed by atoms with Crippen LogP contribution in [0.1, 0.15) is 250 Å². The molecule has 55 heavy (non-hydrogen) atoms. The Hall–Kier alpha value is -0.570. The van der Waals surface area contributed by atoms with Crippen LogP contribution in [0.15, 0.2) is 0 Å². The Kier molecular flexibility index (Phi) is 35.0. The lowest BCUT2D eigenvalue weighted by Crippen LogP contribution is -2.21. The molecule has 7 atom stereocenters. The minimum atomic E-state index is 0.0428. The lowest BCUT2D eigenvalue weighted by atomic mass is 9.86. The molecule has 0 aliphatic heterocycles. The lowest BCUT2D eigenvalue weighted by molar-refractivity contribution is -0.150. The fourth-order valence-electron chi connectivity index (χ4n) is 8.77. The third kappa shape index (κ3) is 37.5. The maximum absolute atomic E-state index is 13.1. The second kappa shape index (κ2) is 35.4. The van der Waals surface area contributed by atoms with E-state index in [9.17, 15) is 4.79 Å². The summed E-state index contributed by atoms with van der Waals surface area (Å²) < 4.78 is 6.32. The standard InChI is InChI=1S/C52H105NO2/c1-42(2)22-16-24-45(7)26-18-28-47(9)30-20-31-49(11)36-39-51(55-52(54)34-14-15-41-53(12)13)40-38-50(37-35-44(5)6)33-21-32-48(10)29-19-27-46(8)25-17-23-43(3)4/h42-51H,14-41H2,1-13H3. The third-order valence-electron chi connectivity index (χ3n) is 13.0. The lowest BCUT2D eigenvalue weighted by Gasteiger charge is -2.24. The van der Waals surface area contributed by atoms with E-state index in [-0.39, 0.29) is 12.1 Å². The summed E-state index contributed by atoms with van der Waals surface area (Å²) in [6.07, 6.45) is 34.7. The minimum Gasteiger partial charge on any atom is -0.462 e. The van der Waals surface area contributed by atoms with Crippen LogP contribution < -0.4 is 0 Å². The van der Waals surface area contributed by atoms with Gasteiger partial charge in [-0.1, -0.05) is 205 Å². The number of ether oxygens (including phenoxy) is 1. The van der Waals surface area contributed by atoms with Crippen molar-refractivity contribution >= 4 is 5.97 Å². The summed E-state index contributed by atoms with van der Waals surface area (Å²) in [5.41, 5.74) is 0. The zero-order chi connectivity index (χ0) is 41.4. The SMILES string of the molecule is CC(C)CCCC(C)CCCC(C)CCCC(C)CCC(CCC(CCCC(C)CCCC(C)CCCC(C)C)CCC(C)C)OC(=O)CCCCN(C)C. The molecule has 0 aromatic rings. The number of nitrogens with zero attached hydrogens (tertiary/aromatic N) is 1. The molecule has 0 rings (SSSR count). The molecule has 0 aliphatic rings. The predicted octanol–water partition coefficient (Wildman–Crippen LogP) is 16.8. The molecule has 0 aliphatic carbocycles. The van der Waals surface area contributed by atoms with Crippen LogP contribution in [-0.4, -0.2) is 37.6 Å². The van der Waals surface area contributed by atoms with Crippen molar-refractivity contribution in [1.29, 1.82) is 0 Å². The summed E-state index contributed by atoms with van der Waals surface area (Å²) >= 11 is 0. The average molecular weight is 776 g/mol. The Morgan fingerprint density at radius 3 is 1.13 bits per heavy atom. The Bertz CT molecular complexity index is 835. The summed E-state index contributed by atoms with van der Waals surface area (Å²) in [4.78, 5) is 15.3. The van der Waals surface area contributed by atoms with Gasteiger partial charge in [-0.15, -0.1) is 0 Å². The smallest absolute Gasteiger partial charge is 0.306 e. The van der Waals surface area contributed by atoms with Gasteiger partial charge in [0.15, 0.2) is 0 Å². The molecule has 0 aromatic carbocycles. The highest BCUT2D eigenvalue weighted by Gasteiger charge is 2.20. The second-order valence-corrected chi connectivity index (χ2v) is 21.3. The van der Waals surface area contributed by atoms with Gasteiger partial charge in [0.05, 0.1) is 0 Å². The van der Waals surface area contributed by atoms with E-state index in [1.165, 1.54) is 141 Å². The fourth-order valence-corrected chi connectivity index (χ4v) is 8.77. The van der Waals surface area contributed by atoms with Gasteiger partial charge < -0.3 is 9.64 Å². The van der Waals surface area contributed by atoms with Crippen molar-refractivity contribution in [2.24, 2.45) is 53.3 Å². The van der Waals surface area contributed by atoms with Crippen LogP contribution in [0, 0.1) is 53.3 Å². The second-order valence-electron chi connectivity index (χ2n) is 21.3. The molecule has 0 fully saturated rings. The fraction of sp³-hybridized carbons (Fsp3) is 0.981. The zero-order valence-corrected chi connectivity index (χ0v) is 40.3. The van der Waals surface area contributed by atoms with Gasteiger partial charge in [-0.2, -0.15) is 0 Å². The van der Waals surface area contributed by atoms with Crippen LogP contribution in [0.3, 0.4) is 0 Å². The number of rotatable bonds is 39. The Balaban J connectivity index is 4.91. The molecule has 0 radical (unpaired) electrons. The highest BCUT2D eigenvalue weighted by Crippen LogP contribution is 2.29. The van der Waals surface area contributed by atoms with Gasteiger partial charge in [-0.3, -0.25) is 4.79 Å². The van der Waals surface area contributed by atoms with E-state index in [2.05, 4.69) is 95.2 Å². The molecular formula is C52H105NO2. The molecule has 3 heteroatoms. The van der Waals surface area contributed by atoms with Crippen molar-refractivity contribution in [3.8, 4) is 0 Å². The van der Waals surface area contributed by atoms with Gasteiger partial charge >= 0.3 is 5.97 Å². The number of unbranched alkanes of at least 4 members (excludes halogenated alkanes) is 1. The molecule has 3 nitrogen and oxygen atoms in total. The van der Waals surface area contributed by atoms with Crippen molar-refractivity contribution in [2.45, 2.75) is 256 Å². The Morgan fingerprint density at radius 1 is 0.382 bits per heavy atom. The van der Waals surface area contributed by atoms with Crippen molar-refractivity contribution in [1.82, 2.24) is 4.90 Å². The van der Waals surface area contributed by atoms with E-state index in [0.29, 0.717) is 12.3 Å². The monoisotopic (exact) mass is 776 g/mol. The first kappa shape index (κ1) is 54.4. The van der Waals surface area contributed by atoms with Crippen molar-refractivity contribution in [3.05, 3.63) is 0 Å². The van der Waals surface area contributed by atoms with Gasteiger partial charge in [0.2, 0.25) is 0 Å². The first-order valence-electron chi connectivity index (χ1n) is 24.9. The van der Waals surface area contributed by atoms with E-state index in [4.69, 9.17) is 4.74 Å². The molecule has 0 amide bonds. The molecule has 0 aromatic heterocycles. The van der Waals surface area contributed by atoms with Crippen LogP contribution >= 0.6 is 0 Å². The van der Waals surface area contributed by atoms with Gasteiger partial charge in [0.1, 0.15) is 6.10 Å². The molecule has 330 valence electrons. The highest BCUT2D eigenvalue weighted by atomic mass is 16.5. The highest BCUT2D eigenvalue weighted by molar-refractivity contribution is 5.69. The summed E-state index contributed by atoms with van der Waals surface area (Å²) in [5.74, 6) is 7.41. The minimum absolute atomic E-state index is 0.0428. The first-order chi connectivity index (χ1) is 26.1. The molecule has 0 bridgehead atoms. The number of carbonyl (C=O) groups excluding carboxylic acids is 1. The van der Waals surface area contributed by atoms with Crippen LogP contribution in [0.4, 0.5) is 0 Å². The normalized spacial score (nSPS) is 16.2. The van der Waals surface area contributed by atoms with Gasteiger partial charge in [0.25, 0.3) is 0 Å². The van der Waals surface area contributed by atoms with E-state index in [1.54, 1.807) is 0 Å². The van der Waals surface area contributed by atoms with E-state index >= 15 is 0 Å². The van der Waals surface area contributed by atoms with Crippen molar-refractivity contribution < 1.29 is 9.53 Å². The van der Waals surface area contributed by atoms with Crippen molar-refractivity contribution in [3.63, 3.8) is 0 Å². The molecule has 0 saturated carbocycles. The topological polar surface area (TPSA) is 29.5 Å². The van der Waals surface area contributed by atoms with E-state index in [1.807, 2.05) is 0 Å². The number of esters is 1. The maximum Gasteiger partial charge on any atom is 0.306 e. The summed E-state index contributed by atoms with van der Waals surface area (Å²) in [6, 6.07) is 0. The number of hydrogen-bond acceptors (Lipinski definition) is 3. The predicted molar refractivity (Wildman–Crippen MR) is 247 cm³/mol. The van der Waals surface area contributed by atoms with Gasteiger partial charge in [-0.05, 0) is 112 Å². The largest absolute Gasteiger partial charge is 0.462 e. The number of hydrogen-bond donors (Lipinski definition) is 0. The van der Waals surface area contributed by atoms with E-state index < -0.39 is 0 Å². The third-order valence-corrected chi connectivity index (χ3v) is 13.0. The summed E-state index contributed by atoms with van der Waals surface area (Å²) in [5, 5.41) is 0. The average Bonchev–Trinajstić information content (AvgIpc) is 3.09. The molecule has 0 N–H and O–H groups in total. The molecular weight excluding hydrogens is 671 g/mol. The quantitative estimate of drug-likeness (QED) is 0.0460. The van der Waals surface area contributed by atoms with Crippen molar-refractivity contribution in [2.75, 3.05) is 20.6 Å². The molecule has 0 heterocycles. The van der Waals surface area contributed by atoms with Crippen LogP contribution in [0.5, 0.6) is 0 Å². The molecule has 0 saturated heterocycles. The molecule has 7 unspecified atom stereocenters. The van der Waals surface area contributed by atoms with Gasteiger partial charge in [0, 0.05) is 6.42 Å². The van der Waals surface area contributed by atoms with Gasteiger partial charge in [-0.25, -0.2) is 0 Å². The van der Waals surface area contributed by atoms with Crippen LogP contribution in [0.2, 0.25) is 0 Å². The number of carbonyl (C=O) groups is 1. The maximum atomic E-state index is 13.1. The molecule has 0 spiro atoms. The summed E-state index contributed by atoms with van der Waals surface area (Å²) in [6.45, 7) is 27.6. The van der Waals surface area contributed by atoms with Crippen LogP contribution in [0.25, 0.3) is 0 Å². The Labute approximate surface area is 348 Å². The summed E-state index contributed by atoms with van der Waals surface area (Å²) in [7, 11) is 4.22. The zero-order valence-electron chi connectivity index (χ0n) is 40.3. The van der Waals surface area contributed by atoms with E-state index in [0.717, 1.165) is 79.6 Å². The Morgan fingerprint density at radius 2 is 0.727 bits per heavy atom.